The minimum Gasteiger partial charge on any atom is -0.324 e. The van der Waals surface area contributed by atoms with Gasteiger partial charge in [0.1, 0.15) is 5.82 Å². The van der Waals surface area contributed by atoms with Gasteiger partial charge in [0.05, 0.1) is 0 Å². The number of hydrogen-bond acceptors (Lipinski definition) is 1. The summed E-state index contributed by atoms with van der Waals surface area (Å²) in [5, 5.41) is 0. The molecule has 0 spiro atoms. The maximum absolute atomic E-state index is 13.4. The second kappa shape index (κ2) is 3.23. The van der Waals surface area contributed by atoms with Crippen molar-refractivity contribution in [2.24, 2.45) is 11.1 Å². The Morgan fingerprint density at radius 1 is 1.12 bits per heavy atom. The molecule has 0 heterocycles. The molecule has 1 atom stereocenters. The molecular weight excluding hydrogens is 215 g/mol. The van der Waals surface area contributed by atoms with Gasteiger partial charge >= 0.3 is 0 Å². The number of nitrogens with two attached hydrogens (primary N) is 1. The van der Waals surface area contributed by atoms with Gasteiger partial charge < -0.3 is 5.73 Å². The molecule has 1 aromatic rings. The summed E-state index contributed by atoms with van der Waals surface area (Å²) in [5.41, 5.74) is 5.61. The Bertz CT molecular complexity index is 442. The van der Waals surface area contributed by atoms with E-state index < -0.39 is 23.0 Å². The van der Waals surface area contributed by atoms with Gasteiger partial charge in [-0.15, -0.1) is 0 Å². The third-order valence-corrected chi connectivity index (χ3v) is 3.58. The smallest absolute Gasteiger partial charge is 0.161 e. The maximum Gasteiger partial charge on any atom is 0.161 e. The van der Waals surface area contributed by atoms with Gasteiger partial charge in [0.25, 0.3) is 0 Å². The van der Waals surface area contributed by atoms with Gasteiger partial charge in [-0.2, -0.15) is 0 Å². The summed E-state index contributed by atoms with van der Waals surface area (Å²) in [6.45, 7) is 3.95. The van der Waals surface area contributed by atoms with E-state index in [2.05, 4.69) is 0 Å². The van der Waals surface area contributed by atoms with Crippen LogP contribution in [0.1, 0.15) is 25.8 Å². The molecule has 0 radical (unpaired) electrons. The van der Waals surface area contributed by atoms with Crippen LogP contribution in [0.4, 0.5) is 13.2 Å². The first kappa shape index (κ1) is 11.5. The number of hydrogen-bond donors (Lipinski definition) is 1. The van der Waals surface area contributed by atoms with Crippen LogP contribution in [0.3, 0.4) is 0 Å². The molecule has 88 valence electrons. The van der Waals surface area contributed by atoms with Crippen molar-refractivity contribution in [2.75, 3.05) is 0 Å². The number of benzene rings is 1. The van der Waals surface area contributed by atoms with E-state index in [-0.39, 0.29) is 17.4 Å². The molecular formula is C12H14F3N. The predicted molar refractivity (Wildman–Crippen MR) is 55.3 cm³/mol. The van der Waals surface area contributed by atoms with E-state index in [9.17, 15) is 13.2 Å². The summed E-state index contributed by atoms with van der Waals surface area (Å²) < 4.78 is 39.1. The van der Waals surface area contributed by atoms with Gasteiger partial charge in [-0.05, 0) is 29.9 Å². The first-order chi connectivity index (χ1) is 7.25. The van der Waals surface area contributed by atoms with Crippen molar-refractivity contribution in [3.05, 3.63) is 35.1 Å². The zero-order chi connectivity index (χ0) is 12.1. The summed E-state index contributed by atoms with van der Waals surface area (Å²) in [6.07, 6.45) is 1.00. The van der Waals surface area contributed by atoms with Crippen LogP contribution >= 0.6 is 0 Å². The van der Waals surface area contributed by atoms with E-state index in [0.717, 1.165) is 12.5 Å². The predicted octanol–water partition coefficient (Wildman–Crippen LogP) is 2.77. The minimum absolute atomic E-state index is 0.0652. The van der Waals surface area contributed by atoms with E-state index in [1.165, 1.54) is 0 Å². The van der Waals surface area contributed by atoms with Crippen molar-refractivity contribution >= 4 is 0 Å². The molecule has 1 aliphatic rings. The van der Waals surface area contributed by atoms with Crippen LogP contribution in [0.2, 0.25) is 0 Å². The third-order valence-electron chi connectivity index (χ3n) is 3.58. The molecule has 2 rings (SSSR count). The third kappa shape index (κ3) is 1.71. The molecule has 2 N–H and O–H groups in total. The lowest BCUT2D eigenvalue weighted by Gasteiger charge is -2.15. The fourth-order valence-electron chi connectivity index (χ4n) is 2.09. The molecule has 0 amide bonds. The molecule has 0 bridgehead atoms. The Hall–Kier alpha value is -1.03. The first-order valence-corrected chi connectivity index (χ1v) is 5.17. The molecule has 0 saturated heterocycles. The Morgan fingerprint density at radius 3 is 2.12 bits per heavy atom. The standard InChI is InChI=1S/C12H14F3N/c1-11(2)6-12(11,16)5-7-3-9(14)10(15)4-8(7)13/h3-4H,5-6,16H2,1-2H3. The van der Waals surface area contributed by atoms with Crippen LogP contribution < -0.4 is 5.73 Å². The summed E-state index contributed by atoms with van der Waals surface area (Å²) in [7, 11) is 0. The lowest BCUT2D eigenvalue weighted by molar-refractivity contribution is 0.463. The monoisotopic (exact) mass is 229 g/mol. The Labute approximate surface area is 92.5 Å². The lowest BCUT2D eigenvalue weighted by Crippen LogP contribution is -2.31. The van der Waals surface area contributed by atoms with E-state index in [1.54, 1.807) is 0 Å². The summed E-state index contributed by atoms with van der Waals surface area (Å²) >= 11 is 0. The van der Waals surface area contributed by atoms with Gasteiger partial charge in [0.2, 0.25) is 0 Å². The molecule has 1 fully saturated rings. The molecule has 1 nitrogen and oxygen atoms in total. The average molecular weight is 229 g/mol. The van der Waals surface area contributed by atoms with Crippen LogP contribution in [-0.4, -0.2) is 5.54 Å². The van der Waals surface area contributed by atoms with E-state index in [1.807, 2.05) is 13.8 Å². The van der Waals surface area contributed by atoms with Crippen molar-refractivity contribution in [3.63, 3.8) is 0 Å². The van der Waals surface area contributed by atoms with Crippen molar-refractivity contribution < 1.29 is 13.2 Å². The highest BCUT2D eigenvalue weighted by Gasteiger charge is 2.58. The summed E-state index contributed by atoms with van der Waals surface area (Å²) in [5.74, 6) is -2.92. The second-order valence-electron chi connectivity index (χ2n) is 5.25. The lowest BCUT2D eigenvalue weighted by atomic mass is 9.97. The SMILES string of the molecule is CC1(C)CC1(N)Cc1cc(F)c(F)cc1F. The summed E-state index contributed by atoms with van der Waals surface area (Å²) in [4.78, 5) is 0. The number of rotatable bonds is 2. The van der Waals surface area contributed by atoms with E-state index in [0.29, 0.717) is 6.07 Å². The molecule has 0 aromatic heterocycles. The number of halogens is 3. The largest absolute Gasteiger partial charge is 0.324 e. The van der Waals surface area contributed by atoms with Crippen molar-refractivity contribution in [1.29, 1.82) is 0 Å². The Kier molecular flexibility index (Phi) is 2.31. The van der Waals surface area contributed by atoms with E-state index >= 15 is 0 Å². The van der Waals surface area contributed by atoms with Crippen molar-refractivity contribution in [1.82, 2.24) is 0 Å². The summed E-state index contributed by atoms with van der Waals surface area (Å²) in [6, 6.07) is 1.47. The van der Waals surface area contributed by atoms with Crippen LogP contribution in [0.25, 0.3) is 0 Å². The quantitative estimate of drug-likeness (QED) is 0.775. The van der Waals surface area contributed by atoms with Crippen LogP contribution in [-0.2, 0) is 6.42 Å². The topological polar surface area (TPSA) is 26.0 Å². The molecule has 1 aliphatic carbocycles. The second-order valence-corrected chi connectivity index (χ2v) is 5.25. The van der Waals surface area contributed by atoms with Crippen LogP contribution in [0.15, 0.2) is 12.1 Å². The fourth-order valence-corrected chi connectivity index (χ4v) is 2.09. The van der Waals surface area contributed by atoms with Gasteiger partial charge in [-0.1, -0.05) is 13.8 Å². The zero-order valence-corrected chi connectivity index (χ0v) is 9.28. The van der Waals surface area contributed by atoms with Gasteiger partial charge in [0, 0.05) is 11.6 Å². The molecule has 0 aliphatic heterocycles. The Balaban J connectivity index is 2.27. The van der Waals surface area contributed by atoms with E-state index in [4.69, 9.17) is 5.73 Å². The molecule has 4 heteroatoms. The molecule has 16 heavy (non-hydrogen) atoms. The fraction of sp³-hybridized carbons (Fsp3) is 0.500. The maximum atomic E-state index is 13.4. The van der Waals surface area contributed by atoms with Crippen molar-refractivity contribution in [3.8, 4) is 0 Å². The normalized spacial score (nSPS) is 26.9. The van der Waals surface area contributed by atoms with Crippen LogP contribution in [0.5, 0.6) is 0 Å². The average Bonchev–Trinajstić information content (AvgIpc) is 2.61. The highest BCUT2D eigenvalue weighted by Crippen LogP contribution is 2.55. The van der Waals surface area contributed by atoms with Crippen molar-refractivity contribution in [2.45, 2.75) is 32.2 Å². The molecule has 1 unspecified atom stereocenters. The first-order valence-electron chi connectivity index (χ1n) is 5.17. The Morgan fingerprint density at radius 2 is 1.62 bits per heavy atom. The minimum atomic E-state index is -1.16. The van der Waals surface area contributed by atoms with Gasteiger partial charge in [0.15, 0.2) is 11.6 Å². The molecule has 1 saturated carbocycles. The molecule has 1 aromatic carbocycles. The van der Waals surface area contributed by atoms with Crippen LogP contribution in [0, 0.1) is 22.9 Å². The van der Waals surface area contributed by atoms with Gasteiger partial charge in [-0.3, -0.25) is 0 Å². The highest BCUT2D eigenvalue weighted by molar-refractivity contribution is 5.27. The highest BCUT2D eigenvalue weighted by atomic mass is 19.2. The zero-order valence-electron chi connectivity index (χ0n) is 9.28. The van der Waals surface area contributed by atoms with Gasteiger partial charge in [-0.25, -0.2) is 13.2 Å².